The monoisotopic (exact) mass is 389 g/mol. The van der Waals surface area contributed by atoms with Crippen molar-refractivity contribution < 1.29 is 9.63 Å². The third-order valence-corrected chi connectivity index (χ3v) is 5.75. The van der Waals surface area contributed by atoms with Gasteiger partial charge in [0.05, 0.1) is 5.52 Å². The summed E-state index contributed by atoms with van der Waals surface area (Å²) in [7, 11) is 0. The first kappa shape index (κ1) is 19.2. The molecular weight excluding hydrogens is 362 g/mol. The predicted octanol–water partition coefficient (Wildman–Crippen LogP) is 5.11. The number of benzene rings is 2. The maximum atomic E-state index is 11.1. The second-order valence-corrected chi connectivity index (χ2v) is 7.81. The summed E-state index contributed by atoms with van der Waals surface area (Å²) in [5.41, 5.74) is 5.87. The molecule has 1 saturated carbocycles. The molecule has 1 fully saturated rings. The Kier molecular flexibility index (Phi) is 5.65. The van der Waals surface area contributed by atoms with Gasteiger partial charge < -0.3 is 10.2 Å². The third-order valence-electron chi connectivity index (χ3n) is 5.75. The van der Waals surface area contributed by atoms with Crippen molar-refractivity contribution in [3.63, 3.8) is 0 Å². The van der Waals surface area contributed by atoms with E-state index >= 15 is 0 Å². The summed E-state index contributed by atoms with van der Waals surface area (Å²) in [4.78, 5) is 21.3. The van der Waals surface area contributed by atoms with E-state index in [4.69, 9.17) is 9.82 Å². The minimum atomic E-state index is -0.205. The van der Waals surface area contributed by atoms with Gasteiger partial charge in [-0.3, -0.25) is 4.79 Å². The van der Waals surface area contributed by atoms with Crippen molar-refractivity contribution in [1.29, 1.82) is 0 Å². The fourth-order valence-corrected chi connectivity index (χ4v) is 4.22. The summed E-state index contributed by atoms with van der Waals surface area (Å²) in [6, 6.07) is 18.9. The molecule has 0 bridgehead atoms. The number of fused-ring (bicyclic) bond motifs is 1. The molecule has 1 aliphatic rings. The number of aromatic nitrogens is 1. The quantitative estimate of drug-likeness (QED) is 0.595. The van der Waals surface area contributed by atoms with Crippen LogP contribution in [0, 0.1) is 6.92 Å². The summed E-state index contributed by atoms with van der Waals surface area (Å²) in [5, 5.41) is 4.79. The van der Waals surface area contributed by atoms with Crippen molar-refractivity contribution in [2.45, 2.75) is 51.5 Å². The van der Waals surface area contributed by atoms with Gasteiger partial charge in [-0.05, 0) is 73.9 Å². The van der Waals surface area contributed by atoms with Gasteiger partial charge in [0.2, 0.25) is 5.91 Å². The van der Waals surface area contributed by atoms with Gasteiger partial charge >= 0.3 is 0 Å². The van der Waals surface area contributed by atoms with E-state index in [0.717, 1.165) is 48.3 Å². The van der Waals surface area contributed by atoms with Crippen molar-refractivity contribution in [1.82, 2.24) is 10.5 Å². The first-order valence-electron chi connectivity index (χ1n) is 10.3. The molecule has 0 saturated heterocycles. The van der Waals surface area contributed by atoms with Gasteiger partial charge in [-0.1, -0.05) is 30.3 Å². The third kappa shape index (κ3) is 4.50. The Morgan fingerprint density at radius 2 is 1.79 bits per heavy atom. The molecule has 0 radical (unpaired) electrons. The van der Waals surface area contributed by atoms with Crippen LogP contribution in [0.3, 0.4) is 0 Å². The Morgan fingerprint density at radius 1 is 1.00 bits per heavy atom. The van der Waals surface area contributed by atoms with Gasteiger partial charge in [0.15, 0.2) is 5.75 Å². The Labute approximate surface area is 171 Å². The molecule has 0 atom stereocenters. The summed E-state index contributed by atoms with van der Waals surface area (Å²) >= 11 is 0. The van der Waals surface area contributed by atoms with E-state index < -0.39 is 0 Å². The number of pyridine rings is 1. The van der Waals surface area contributed by atoms with Gasteiger partial charge in [0.1, 0.15) is 5.82 Å². The van der Waals surface area contributed by atoms with E-state index in [0.29, 0.717) is 12.0 Å². The molecule has 1 amide bonds. The maximum absolute atomic E-state index is 11.1. The Morgan fingerprint density at radius 3 is 2.59 bits per heavy atom. The number of para-hydroxylation sites is 1. The van der Waals surface area contributed by atoms with Crippen LogP contribution in [0.15, 0.2) is 54.6 Å². The molecule has 29 heavy (non-hydrogen) atoms. The lowest BCUT2D eigenvalue weighted by molar-refractivity contribution is -0.125. The highest BCUT2D eigenvalue weighted by atomic mass is 16.7. The number of amides is 1. The zero-order valence-electron chi connectivity index (χ0n) is 16.9. The van der Waals surface area contributed by atoms with E-state index in [1.807, 2.05) is 24.3 Å². The van der Waals surface area contributed by atoms with Crippen LogP contribution < -0.4 is 15.6 Å². The zero-order chi connectivity index (χ0) is 20.2. The number of rotatable bonds is 5. The molecule has 0 aliphatic heterocycles. The van der Waals surface area contributed by atoms with Crippen LogP contribution >= 0.6 is 0 Å². The van der Waals surface area contributed by atoms with E-state index in [9.17, 15) is 4.79 Å². The van der Waals surface area contributed by atoms with Crippen molar-refractivity contribution >= 4 is 22.6 Å². The Bertz CT molecular complexity index is 1010. The van der Waals surface area contributed by atoms with Crippen molar-refractivity contribution in [3.8, 4) is 5.75 Å². The number of carbonyl (C=O) groups is 1. The highest BCUT2D eigenvalue weighted by molar-refractivity contribution is 5.80. The van der Waals surface area contributed by atoms with Gasteiger partial charge in [0, 0.05) is 18.4 Å². The highest BCUT2D eigenvalue weighted by Gasteiger charge is 2.24. The number of anilines is 1. The molecule has 4 rings (SSSR count). The minimum absolute atomic E-state index is 0.205. The number of hydrogen-bond acceptors (Lipinski definition) is 4. The second-order valence-electron chi connectivity index (χ2n) is 7.81. The van der Waals surface area contributed by atoms with E-state index in [1.54, 1.807) is 0 Å². The molecule has 3 aromatic rings. The SMILES string of the molecule is CC(=O)NOc1cccc([C@H]2CC[C@@H](Nc3ccc4ccccc4n3)CC2)c1C. The van der Waals surface area contributed by atoms with Crippen LogP contribution in [0.1, 0.15) is 49.7 Å². The first-order valence-corrected chi connectivity index (χ1v) is 10.3. The minimum Gasteiger partial charge on any atom is -0.379 e. The summed E-state index contributed by atoms with van der Waals surface area (Å²) in [5.74, 6) is 1.98. The normalized spacial score (nSPS) is 19.0. The van der Waals surface area contributed by atoms with E-state index in [-0.39, 0.29) is 5.91 Å². The molecule has 150 valence electrons. The van der Waals surface area contributed by atoms with Crippen LogP contribution in [0.2, 0.25) is 0 Å². The average molecular weight is 389 g/mol. The molecule has 1 aromatic heterocycles. The molecular formula is C24H27N3O2. The average Bonchev–Trinajstić information content (AvgIpc) is 2.73. The van der Waals surface area contributed by atoms with Crippen LogP contribution in [0.4, 0.5) is 5.82 Å². The topological polar surface area (TPSA) is 63.2 Å². The molecule has 1 heterocycles. The van der Waals surface area contributed by atoms with Crippen molar-refractivity contribution in [2.75, 3.05) is 5.32 Å². The number of carbonyl (C=O) groups excluding carboxylic acids is 1. The van der Waals surface area contributed by atoms with Crippen LogP contribution in [-0.2, 0) is 4.79 Å². The number of hydroxylamine groups is 1. The van der Waals surface area contributed by atoms with Gasteiger partial charge in [-0.2, -0.15) is 5.48 Å². The van der Waals surface area contributed by atoms with Crippen LogP contribution in [0.25, 0.3) is 10.9 Å². The molecule has 0 spiro atoms. The van der Waals surface area contributed by atoms with Crippen LogP contribution in [-0.4, -0.2) is 16.9 Å². The van der Waals surface area contributed by atoms with E-state index in [1.165, 1.54) is 17.9 Å². The smallest absolute Gasteiger partial charge is 0.249 e. The van der Waals surface area contributed by atoms with Gasteiger partial charge in [-0.25, -0.2) is 4.98 Å². The second kappa shape index (κ2) is 8.52. The standard InChI is InChI=1S/C24H27N3O2/c1-16-21(7-5-9-23(16)29-27-17(2)28)18-10-13-20(14-11-18)25-24-15-12-19-6-3-4-8-22(19)26-24/h3-9,12,15,18,20H,10-11,13-14H2,1-2H3,(H,25,26)(H,27,28)/t18-,20+. The van der Waals surface area contributed by atoms with E-state index in [2.05, 4.69) is 48.1 Å². The lowest BCUT2D eigenvalue weighted by Gasteiger charge is -2.30. The zero-order valence-corrected chi connectivity index (χ0v) is 16.9. The maximum Gasteiger partial charge on any atom is 0.249 e. The number of nitrogens with one attached hydrogen (secondary N) is 2. The van der Waals surface area contributed by atoms with Crippen molar-refractivity contribution in [3.05, 3.63) is 65.7 Å². The lowest BCUT2D eigenvalue weighted by Crippen LogP contribution is -2.26. The van der Waals surface area contributed by atoms with Gasteiger partial charge in [0.25, 0.3) is 0 Å². The highest BCUT2D eigenvalue weighted by Crippen LogP contribution is 2.37. The summed E-state index contributed by atoms with van der Waals surface area (Å²) in [6.07, 6.45) is 4.45. The molecule has 1 aliphatic carbocycles. The lowest BCUT2D eigenvalue weighted by atomic mass is 9.80. The predicted molar refractivity (Wildman–Crippen MR) is 116 cm³/mol. The number of nitrogens with zero attached hydrogens (tertiary/aromatic N) is 1. The fourth-order valence-electron chi connectivity index (χ4n) is 4.22. The largest absolute Gasteiger partial charge is 0.379 e. The number of hydrogen-bond donors (Lipinski definition) is 2. The Hall–Kier alpha value is -3.08. The molecule has 2 N–H and O–H groups in total. The first-order chi connectivity index (χ1) is 14.1. The molecule has 0 unspecified atom stereocenters. The molecule has 2 aromatic carbocycles. The van der Waals surface area contributed by atoms with Gasteiger partial charge in [-0.15, -0.1) is 0 Å². The van der Waals surface area contributed by atoms with Crippen molar-refractivity contribution in [2.24, 2.45) is 0 Å². The summed E-state index contributed by atoms with van der Waals surface area (Å²) < 4.78 is 0. The Balaban J connectivity index is 1.39. The fraction of sp³-hybridized carbons (Fsp3) is 0.333. The molecule has 5 heteroatoms. The van der Waals surface area contributed by atoms with Crippen LogP contribution in [0.5, 0.6) is 5.75 Å². The summed E-state index contributed by atoms with van der Waals surface area (Å²) in [6.45, 7) is 3.51. The molecule has 5 nitrogen and oxygen atoms in total.